The second-order valence-electron chi connectivity index (χ2n) is 3.89. The molecule has 0 spiro atoms. The van der Waals surface area contributed by atoms with Crippen LogP contribution in [-0.4, -0.2) is 27.6 Å². The monoisotopic (exact) mass is 233 g/mol. The van der Waals surface area contributed by atoms with Crippen molar-refractivity contribution in [2.75, 3.05) is 6.54 Å². The minimum atomic E-state index is -0.747. The maximum atomic E-state index is 10.3. The van der Waals surface area contributed by atoms with E-state index in [2.05, 4.69) is 15.3 Å². The first-order valence-corrected chi connectivity index (χ1v) is 5.61. The van der Waals surface area contributed by atoms with E-state index in [1.165, 1.54) is 0 Å². The zero-order valence-corrected chi connectivity index (χ0v) is 9.44. The summed E-state index contributed by atoms with van der Waals surface area (Å²) >= 11 is 0. The minimum absolute atomic E-state index is 0.211. The summed E-state index contributed by atoms with van der Waals surface area (Å²) in [6.07, 6.45) is 4.54. The smallest absolute Gasteiger partial charge is 0.303 e. The molecule has 0 saturated heterocycles. The van der Waals surface area contributed by atoms with Crippen molar-refractivity contribution in [3.8, 4) is 0 Å². The highest BCUT2D eigenvalue weighted by Gasteiger charge is 2.03. The number of hydrogen-bond acceptors (Lipinski definition) is 3. The molecule has 2 aromatic heterocycles. The molecule has 5 nitrogen and oxygen atoms in total. The summed E-state index contributed by atoms with van der Waals surface area (Å²) < 4.78 is 0. The van der Waals surface area contributed by atoms with Crippen molar-refractivity contribution in [2.45, 2.75) is 19.4 Å². The fourth-order valence-electron chi connectivity index (χ4n) is 1.75. The Balaban J connectivity index is 1.85. The van der Waals surface area contributed by atoms with Crippen LogP contribution in [0.3, 0.4) is 0 Å². The molecule has 0 bridgehead atoms. The SMILES string of the molecule is O=C(O)CCCNCc1c[nH]c2ncccc12. The first kappa shape index (κ1) is 11.6. The molecule has 0 aliphatic rings. The molecule has 0 fully saturated rings. The molecule has 3 N–H and O–H groups in total. The molecule has 2 aromatic rings. The van der Waals surface area contributed by atoms with Gasteiger partial charge in [0.1, 0.15) is 5.65 Å². The molecule has 0 aliphatic heterocycles. The average Bonchev–Trinajstić information content (AvgIpc) is 2.72. The molecule has 5 heteroatoms. The Morgan fingerprint density at radius 1 is 1.53 bits per heavy atom. The number of fused-ring (bicyclic) bond motifs is 1. The van der Waals surface area contributed by atoms with E-state index in [1.807, 2.05) is 18.3 Å². The number of carbonyl (C=O) groups is 1. The summed E-state index contributed by atoms with van der Waals surface area (Å²) in [5, 5.41) is 12.8. The number of H-pyrrole nitrogens is 1. The summed E-state index contributed by atoms with van der Waals surface area (Å²) in [7, 11) is 0. The third kappa shape index (κ3) is 3.04. The topological polar surface area (TPSA) is 78.0 Å². The maximum Gasteiger partial charge on any atom is 0.303 e. The summed E-state index contributed by atoms with van der Waals surface area (Å²) in [4.78, 5) is 17.6. The molecular weight excluding hydrogens is 218 g/mol. The van der Waals surface area contributed by atoms with Crippen molar-refractivity contribution in [3.63, 3.8) is 0 Å². The van der Waals surface area contributed by atoms with Crippen molar-refractivity contribution in [2.24, 2.45) is 0 Å². The molecule has 90 valence electrons. The average molecular weight is 233 g/mol. The Morgan fingerprint density at radius 3 is 3.24 bits per heavy atom. The van der Waals surface area contributed by atoms with Crippen molar-refractivity contribution < 1.29 is 9.90 Å². The predicted molar refractivity (Wildman–Crippen MR) is 64.7 cm³/mol. The number of aliphatic carboxylic acids is 1. The van der Waals surface area contributed by atoms with Gasteiger partial charge in [-0.15, -0.1) is 0 Å². The first-order valence-electron chi connectivity index (χ1n) is 5.61. The zero-order chi connectivity index (χ0) is 12.1. The number of carboxylic acids is 1. The molecule has 0 radical (unpaired) electrons. The van der Waals surface area contributed by atoms with Crippen LogP contribution in [0.15, 0.2) is 24.5 Å². The third-order valence-corrected chi connectivity index (χ3v) is 2.60. The maximum absolute atomic E-state index is 10.3. The molecule has 0 amide bonds. The fraction of sp³-hybridized carbons (Fsp3) is 0.333. The summed E-state index contributed by atoms with van der Waals surface area (Å²) in [5.74, 6) is -0.747. The van der Waals surface area contributed by atoms with Gasteiger partial charge in [-0.25, -0.2) is 4.98 Å². The van der Waals surface area contributed by atoms with Gasteiger partial charge in [-0.1, -0.05) is 0 Å². The Labute approximate surface area is 98.9 Å². The Hall–Kier alpha value is -1.88. The zero-order valence-electron chi connectivity index (χ0n) is 9.44. The van der Waals surface area contributed by atoms with Crippen LogP contribution < -0.4 is 5.32 Å². The second kappa shape index (κ2) is 5.45. The van der Waals surface area contributed by atoms with E-state index in [9.17, 15) is 4.79 Å². The first-order chi connectivity index (χ1) is 8.27. The number of aromatic nitrogens is 2. The van der Waals surface area contributed by atoms with E-state index < -0.39 is 5.97 Å². The highest BCUT2D eigenvalue weighted by Crippen LogP contribution is 2.14. The van der Waals surface area contributed by atoms with Crippen LogP contribution in [0, 0.1) is 0 Å². The number of rotatable bonds is 6. The number of aromatic amines is 1. The van der Waals surface area contributed by atoms with Gasteiger partial charge in [0.2, 0.25) is 0 Å². The van der Waals surface area contributed by atoms with Gasteiger partial charge in [0.15, 0.2) is 0 Å². The second-order valence-corrected chi connectivity index (χ2v) is 3.89. The lowest BCUT2D eigenvalue weighted by Crippen LogP contribution is -2.15. The molecule has 2 heterocycles. The highest BCUT2D eigenvalue weighted by molar-refractivity contribution is 5.79. The number of nitrogens with one attached hydrogen (secondary N) is 2. The van der Waals surface area contributed by atoms with E-state index in [1.54, 1.807) is 6.20 Å². The molecule has 17 heavy (non-hydrogen) atoms. The minimum Gasteiger partial charge on any atom is -0.481 e. The van der Waals surface area contributed by atoms with Crippen molar-refractivity contribution in [1.29, 1.82) is 0 Å². The molecule has 0 aromatic carbocycles. The number of hydrogen-bond donors (Lipinski definition) is 3. The molecule has 2 rings (SSSR count). The lowest BCUT2D eigenvalue weighted by atomic mass is 10.2. The van der Waals surface area contributed by atoms with Crippen LogP contribution in [0.1, 0.15) is 18.4 Å². The molecule has 0 aliphatic carbocycles. The predicted octanol–water partition coefficient (Wildman–Crippen LogP) is 1.52. The van der Waals surface area contributed by atoms with Gasteiger partial charge in [-0.2, -0.15) is 0 Å². The largest absolute Gasteiger partial charge is 0.481 e. The van der Waals surface area contributed by atoms with Crippen LogP contribution >= 0.6 is 0 Å². The number of pyridine rings is 1. The van der Waals surface area contributed by atoms with E-state index >= 15 is 0 Å². The lowest BCUT2D eigenvalue weighted by molar-refractivity contribution is -0.137. The van der Waals surface area contributed by atoms with Gasteiger partial charge in [-0.3, -0.25) is 4.79 Å². The van der Waals surface area contributed by atoms with Gasteiger partial charge in [0, 0.05) is 30.7 Å². The Kier molecular flexibility index (Phi) is 3.72. The van der Waals surface area contributed by atoms with Gasteiger partial charge >= 0.3 is 5.97 Å². The van der Waals surface area contributed by atoms with E-state index in [4.69, 9.17) is 5.11 Å². The van der Waals surface area contributed by atoms with Gasteiger partial charge in [0.25, 0.3) is 0 Å². The molecular formula is C12H15N3O2. The fourth-order valence-corrected chi connectivity index (χ4v) is 1.75. The molecule has 0 atom stereocenters. The number of carboxylic acid groups (broad SMARTS) is 1. The summed E-state index contributed by atoms with van der Waals surface area (Å²) in [5.41, 5.74) is 2.04. The quantitative estimate of drug-likeness (QED) is 0.661. The van der Waals surface area contributed by atoms with E-state index in [-0.39, 0.29) is 6.42 Å². The van der Waals surface area contributed by atoms with Crippen LogP contribution in [0.25, 0.3) is 11.0 Å². The van der Waals surface area contributed by atoms with Crippen LogP contribution in [0.2, 0.25) is 0 Å². The standard InChI is InChI=1S/C12H15N3O2/c16-11(17)4-2-5-13-7-9-8-15-12-10(9)3-1-6-14-12/h1,3,6,8,13H,2,4-5,7H2,(H,14,15)(H,16,17). The lowest BCUT2D eigenvalue weighted by Gasteiger charge is -2.02. The van der Waals surface area contributed by atoms with E-state index in [0.29, 0.717) is 13.0 Å². The van der Waals surface area contributed by atoms with E-state index in [0.717, 1.165) is 23.1 Å². The van der Waals surface area contributed by atoms with Crippen LogP contribution in [0.4, 0.5) is 0 Å². The highest BCUT2D eigenvalue weighted by atomic mass is 16.4. The van der Waals surface area contributed by atoms with Gasteiger partial charge < -0.3 is 15.4 Å². The Morgan fingerprint density at radius 2 is 2.41 bits per heavy atom. The van der Waals surface area contributed by atoms with Crippen molar-refractivity contribution in [1.82, 2.24) is 15.3 Å². The van der Waals surface area contributed by atoms with Crippen molar-refractivity contribution in [3.05, 3.63) is 30.1 Å². The summed E-state index contributed by atoms with van der Waals surface area (Å²) in [6.45, 7) is 1.44. The third-order valence-electron chi connectivity index (χ3n) is 2.60. The van der Waals surface area contributed by atoms with Crippen LogP contribution in [-0.2, 0) is 11.3 Å². The van der Waals surface area contributed by atoms with Crippen molar-refractivity contribution >= 4 is 17.0 Å². The Bertz CT molecular complexity index is 507. The van der Waals surface area contributed by atoms with Gasteiger partial charge in [0.05, 0.1) is 0 Å². The van der Waals surface area contributed by atoms with Crippen LogP contribution in [0.5, 0.6) is 0 Å². The molecule has 0 saturated carbocycles. The normalized spacial score (nSPS) is 10.8. The summed E-state index contributed by atoms with van der Waals surface area (Å²) in [6, 6.07) is 3.93. The number of nitrogens with zero attached hydrogens (tertiary/aromatic N) is 1. The molecule has 0 unspecified atom stereocenters. The van der Waals surface area contributed by atoms with Gasteiger partial charge in [-0.05, 0) is 30.7 Å².